The molecule has 0 aliphatic heterocycles. The largest absolute Gasteiger partial charge is 0.394 e. The van der Waals surface area contributed by atoms with Gasteiger partial charge in [-0.3, -0.25) is 0 Å². The molecule has 0 aliphatic rings. The number of hydrogen-bond acceptors (Lipinski definition) is 8. The summed E-state index contributed by atoms with van der Waals surface area (Å²) in [5.74, 6) is 0. The highest BCUT2D eigenvalue weighted by molar-refractivity contribution is 4.41. The van der Waals surface area contributed by atoms with Crippen molar-refractivity contribution >= 4 is 0 Å². The van der Waals surface area contributed by atoms with E-state index in [0.717, 1.165) is 0 Å². The zero-order valence-corrected chi connectivity index (χ0v) is 14.1. The van der Waals surface area contributed by atoms with Crippen LogP contribution in [0.5, 0.6) is 0 Å². The second kappa shape index (κ2) is 19.7. The molecule has 0 aromatic heterocycles. The van der Waals surface area contributed by atoms with Crippen LogP contribution in [-0.2, 0) is 28.4 Å². The van der Waals surface area contributed by atoms with Crippen LogP contribution in [0.2, 0.25) is 0 Å². The molecule has 0 aliphatic carbocycles. The summed E-state index contributed by atoms with van der Waals surface area (Å²) in [6, 6.07) is 0. The molecule has 0 heterocycles. The van der Waals surface area contributed by atoms with Gasteiger partial charge in [-0.05, 0) is 6.92 Å². The van der Waals surface area contributed by atoms with E-state index in [9.17, 15) is 0 Å². The summed E-state index contributed by atoms with van der Waals surface area (Å²) in [6.07, 6.45) is -0.441. The van der Waals surface area contributed by atoms with Gasteiger partial charge in [0, 0.05) is 0 Å². The second-order valence-electron chi connectivity index (χ2n) is 4.71. The lowest BCUT2D eigenvalue weighted by Crippen LogP contribution is -2.16. The third-order valence-electron chi connectivity index (χ3n) is 2.45. The Kier molecular flexibility index (Phi) is 19.5. The van der Waals surface area contributed by atoms with Crippen LogP contribution in [0, 0.1) is 0 Å². The predicted molar refractivity (Wildman–Crippen MR) is 83.7 cm³/mol. The monoisotopic (exact) mass is 340 g/mol. The van der Waals surface area contributed by atoms with E-state index in [1.54, 1.807) is 6.92 Å². The first-order chi connectivity index (χ1) is 11.3. The molecule has 1 unspecified atom stereocenters. The van der Waals surface area contributed by atoms with Gasteiger partial charge in [0.05, 0.1) is 92.0 Å². The Balaban J connectivity index is 2.95. The van der Waals surface area contributed by atoms with Crippen LogP contribution < -0.4 is 0 Å². The van der Waals surface area contributed by atoms with Gasteiger partial charge in [0.2, 0.25) is 0 Å². The molecule has 0 aromatic rings. The van der Waals surface area contributed by atoms with E-state index in [1.165, 1.54) is 0 Å². The fraction of sp³-hybridized carbons (Fsp3) is 1.00. The lowest BCUT2D eigenvalue weighted by molar-refractivity contribution is -0.0230. The van der Waals surface area contributed by atoms with E-state index in [4.69, 9.17) is 38.6 Å². The van der Waals surface area contributed by atoms with Gasteiger partial charge in [0.15, 0.2) is 0 Å². The van der Waals surface area contributed by atoms with Crippen LogP contribution >= 0.6 is 0 Å². The van der Waals surface area contributed by atoms with Gasteiger partial charge in [0.1, 0.15) is 0 Å². The SMILES string of the molecule is CC(O)COCCOCCOCCOCCOCCOCCO. The Morgan fingerprint density at radius 1 is 0.565 bits per heavy atom. The maximum Gasteiger partial charge on any atom is 0.0745 e. The second-order valence-corrected chi connectivity index (χ2v) is 4.71. The van der Waals surface area contributed by atoms with E-state index in [-0.39, 0.29) is 6.61 Å². The van der Waals surface area contributed by atoms with Gasteiger partial charge in [-0.15, -0.1) is 0 Å². The van der Waals surface area contributed by atoms with Crippen LogP contribution in [-0.4, -0.2) is 102 Å². The molecule has 0 spiro atoms. The smallest absolute Gasteiger partial charge is 0.0745 e. The third kappa shape index (κ3) is 21.7. The van der Waals surface area contributed by atoms with Crippen molar-refractivity contribution in [1.82, 2.24) is 0 Å². The Hall–Kier alpha value is -0.320. The summed E-state index contributed by atoms with van der Waals surface area (Å²) < 4.78 is 31.4. The summed E-state index contributed by atoms with van der Waals surface area (Å²) in [5.41, 5.74) is 0. The first-order valence-electron chi connectivity index (χ1n) is 8.02. The fourth-order valence-electron chi connectivity index (χ4n) is 1.42. The van der Waals surface area contributed by atoms with E-state index in [1.807, 2.05) is 0 Å². The van der Waals surface area contributed by atoms with Gasteiger partial charge < -0.3 is 38.6 Å². The van der Waals surface area contributed by atoms with E-state index in [2.05, 4.69) is 0 Å². The molecular formula is C15H32O8. The third-order valence-corrected chi connectivity index (χ3v) is 2.45. The summed E-state index contributed by atoms with van der Waals surface area (Å²) in [5, 5.41) is 17.5. The van der Waals surface area contributed by atoms with Crippen molar-refractivity contribution < 1.29 is 38.6 Å². The summed E-state index contributed by atoms with van der Waals surface area (Å²) in [7, 11) is 0. The van der Waals surface area contributed by atoms with Crippen LogP contribution in [0.1, 0.15) is 6.92 Å². The van der Waals surface area contributed by atoms with Crippen LogP contribution in [0.3, 0.4) is 0 Å². The topological polar surface area (TPSA) is 95.8 Å². The summed E-state index contributed by atoms with van der Waals surface area (Å²) >= 11 is 0. The molecule has 0 fully saturated rings. The van der Waals surface area contributed by atoms with E-state index < -0.39 is 6.10 Å². The van der Waals surface area contributed by atoms with Gasteiger partial charge in [-0.2, -0.15) is 0 Å². The Bertz CT molecular complexity index is 216. The number of ether oxygens (including phenoxy) is 6. The van der Waals surface area contributed by atoms with Crippen molar-refractivity contribution in [2.24, 2.45) is 0 Å². The Labute approximate surface area is 138 Å². The first-order valence-corrected chi connectivity index (χ1v) is 8.02. The average molecular weight is 340 g/mol. The number of hydrogen-bond donors (Lipinski definition) is 2. The van der Waals surface area contributed by atoms with E-state index >= 15 is 0 Å². The maximum atomic E-state index is 8.97. The van der Waals surface area contributed by atoms with Crippen molar-refractivity contribution in [3.63, 3.8) is 0 Å². The molecule has 0 saturated carbocycles. The highest BCUT2D eigenvalue weighted by atomic mass is 16.6. The standard InChI is InChI=1S/C15H32O8/c1-15(17)14-23-13-12-22-11-10-21-9-8-20-7-6-19-5-4-18-3-2-16/h15-17H,2-14H2,1H3. The van der Waals surface area contributed by atoms with Crippen molar-refractivity contribution in [3.8, 4) is 0 Å². The fourth-order valence-corrected chi connectivity index (χ4v) is 1.42. The molecule has 0 saturated heterocycles. The molecule has 1 atom stereocenters. The quantitative estimate of drug-likeness (QED) is 0.303. The minimum absolute atomic E-state index is 0.0327. The molecule has 0 rings (SSSR count). The number of aliphatic hydroxyl groups is 2. The van der Waals surface area contributed by atoms with Crippen molar-refractivity contribution in [2.75, 3.05) is 85.9 Å². The molecule has 2 N–H and O–H groups in total. The molecule has 0 amide bonds. The minimum atomic E-state index is -0.441. The highest BCUT2D eigenvalue weighted by Crippen LogP contribution is 1.86. The van der Waals surface area contributed by atoms with Gasteiger partial charge in [-0.1, -0.05) is 0 Å². The zero-order chi connectivity index (χ0) is 17.0. The first kappa shape index (κ1) is 22.7. The van der Waals surface area contributed by atoms with Crippen molar-refractivity contribution in [1.29, 1.82) is 0 Å². The molecule has 140 valence electrons. The molecule has 0 radical (unpaired) electrons. The highest BCUT2D eigenvalue weighted by Gasteiger charge is 1.96. The molecule has 0 bridgehead atoms. The lowest BCUT2D eigenvalue weighted by Gasteiger charge is -2.08. The molecule has 0 aromatic carbocycles. The predicted octanol–water partition coefficient (Wildman–Crippen LogP) is -0.541. The lowest BCUT2D eigenvalue weighted by atomic mass is 10.4. The molecule has 8 heteroatoms. The van der Waals surface area contributed by atoms with E-state index in [0.29, 0.717) is 79.3 Å². The molecular weight excluding hydrogens is 308 g/mol. The van der Waals surface area contributed by atoms with Crippen LogP contribution in [0.25, 0.3) is 0 Å². The Morgan fingerprint density at radius 3 is 1.17 bits per heavy atom. The molecule has 23 heavy (non-hydrogen) atoms. The Morgan fingerprint density at radius 2 is 0.870 bits per heavy atom. The normalized spacial score (nSPS) is 12.7. The van der Waals surface area contributed by atoms with Gasteiger partial charge in [-0.25, -0.2) is 0 Å². The molecule has 8 nitrogen and oxygen atoms in total. The van der Waals surface area contributed by atoms with Gasteiger partial charge in [0.25, 0.3) is 0 Å². The maximum absolute atomic E-state index is 8.97. The van der Waals surface area contributed by atoms with Crippen molar-refractivity contribution in [2.45, 2.75) is 13.0 Å². The average Bonchev–Trinajstić information content (AvgIpc) is 2.53. The van der Waals surface area contributed by atoms with Crippen molar-refractivity contribution in [3.05, 3.63) is 0 Å². The minimum Gasteiger partial charge on any atom is -0.394 e. The summed E-state index contributed by atoms with van der Waals surface area (Å²) in [4.78, 5) is 0. The number of rotatable bonds is 19. The van der Waals surface area contributed by atoms with Crippen LogP contribution in [0.4, 0.5) is 0 Å². The number of aliphatic hydroxyl groups excluding tert-OH is 2. The van der Waals surface area contributed by atoms with Gasteiger partial charge >= 0.3 is 0 Å². The van der Waals surface area contributed by atoms with Crippen LogP contribution in [0.15, 0.2) is 0 Å². The summed E-state index contributed by atoms with van der Waals surface area (Å²) in [6.45, 7) is 7.40. The zero-order valence-electron chi connectivity index (χ0n) is 14.1.